The summed E-state index contributed by atoms with van der Waals surface area (Å²) in [5.74, 6) is 2.01. The van der Waals surface area contributed by atoms with Crippen LogP contribution in [0, 0.1) is 0 Å². The van der Waals surface area contributed by atoms with Crippen LogP contribution >= 0.6 is 22.7 Å². The Morgan fingerprint density at radius 2 is 0.843 bits per heavy atom. The zero-order chi connectivity index (χ0) is 33.5. The Morgan fingerprint density at radius 1 is 0.333 bits per heavy atom. The van der Waals surface area contributed by atoms with E-state index in [1.54, 1.807) is 0 Å². The number of benzene rings is 7. The summed E-state index contributed by atoms with van der Waals surface area (Å²) in [7, 11) is 0. The van der Waals surface area contributed by atoms with Gasteiger partial charge in [0.15, 0.2) is 17.5 Å². The van der Waals surface area contributed by atoms with Crippen molar-refractivity contribution in [3.8, 4) is 39.9 Å². The third-order valence-electron chi connectivity index (χ3n) is 9.84. The van der Waals surface area contributed by atoms with E-state index in [1.807, 2.05) is 83.3 Å². The molecule has 0 unspecified atom stereocenters. The molecule has 7 aromatic carbocycles. The summed E-state index contributed by atoms with van der Waals surface area (Å²) in [6, 6.07) is 56.0. The van der Waals surface area contributed by atoms with Gasteiger partial charge >= 0.3 is 0 Å². The fourth-order valence-corrected chi connectivity index (χ4v) is 9.80. The van der Waals surface area contributed by atoms with Crippen LogP contribution in [0.5, 0.6) is 0 Å². The van der Waals surface area contributed by atoms with Crippen molar-refractivity contribution in [2.45, 2.75) is 0 Å². The monoisotopic (exact) mass is 686 g/mol. The molecule has 51 heavy (non-hydrogen) atoms. The molecular weight excluding hydrogens is 661 g/mol. The predicted octanol–water partition coefficient (Wildman–Crippen LogP) is 12.7. The van der Waals surface area contributed by atoms with Gasteiger partial charge in [-0.1, -0.05) is 109 Å². The Kier molecular flexibility index (Phi) is 6.26. The number of aromatic nitrogens is 4. The van der Waals surface area contributed by atoms with Gasteiger partial charge in [0.2, 0.25) is 0 Å². The molecular formula is C45H26N4S2. The van der Waals surface area contributed by atoms with Gasteiger partial charge < -0.3 is 4.57 Å². The van der Waals surface area contributed by atoms with Gasteiger partial charge in [-0.3, -0.25) is 0 Å². The molecule has 4 aromatic heterocycles. The van der Waals surface area contributed by atoms with Gasteiger partial charge in [0, 0.05) is 73.5 Å². The summed E-state index contributed by atoms with van der Waals surface area (Å²) in [5, 5.41) is 7.67. The Labute approximate surface area is 300 Å². The standard InChI is InChI=1S/C45H26N4S2/c1-3-11-27(12-4-1)43-46-44(28-13-5-2-6-14-28)48-45(47-43)29-19-21-33-35-25-36-34-24-30(20-22-39(34)50-42(36)26-41(35)51-40(33)23-29)49-37-17-9-7-15-31(37)32-16-8-10-18-38(32)49/h1-26H. The number of fused-ring (bicyclic) bond motifs is 9. The first-order valence-corrected chi connectivity index (χ1v) is 18.6. The second-order valence-electron chi connectivity index (χ2n) is 12.8. The quantitative estimate of drug-likeness (QED) is 0.185. The van der Waals surface area contributed by atoms with Crippen LogP contribution in [-0.4, -0.2) is 19.5 Å². The van der Waals surface area contributed by atoms with Crippen molar-refractivity contribution in [2.24, 2.45) is 0 Å². The topological polar surface area (TPSA) is 43.6 Å². The van der Waals surface area contributed by atoms with Crippen LogP contribution in [-0.2, 0) is 0 Å². The van der Waals surface area contributed by atoms with Crippen molar-refractivity contribution in [3.05, 3.63) is 158 Å². The highest BCUT2D eigenvalue weighted by Crippen LogP contribution is 2.43. The van der Waals surface area contributed by atoms with E-state index in [9.17, 15) is 0 Å². The highest BCUT2D eigenvalue weighted by Gasteiger charge is 2.17. The molecule has 0 amide bonds. The maximum atomic E-state index is 4.98. The van der Waals surface area contributed by atoms with Gasteiger partial charge in [-0.2, -0.15) is 0 Å². The number of hydrogen-bond donors (Lipinski definition) is 0. The number of thiophene rings is 2. The Hall–Kier alpha value is -6.21. The fraction of sp³-hybridized carbons (Fsp3) is 0. The summed E-state index contributed by atoms with van der Waals surface area (Å²) < 4.78 is 7.52. The van der Waals surface area contributed by atoms with Crippen LogP contribution in [0.3, 0.4) is 0 Å². The molecule has 0 fully saturated rings. The molecule has 0 aliphatic heterocycles. The van der Waals surface area contributed by atoms with E-state index in [-0.39, 0.29) is 0 Å². The second-order valence-corrected chi connectivity index (χ2v) is 15.0. The minimum atomic E-state index is 0.670. The van der Waals surface area contributed by atoms with Crippen molar-refractivity contribution in [2.75, 3.05) is 0 Å². The Bertz CT molecular complexity index is 3030. The third kappa shape index (κ3) is 4.54. The molecule has 0 spiro atoms. The molecule has 0 N–H and O–H groups in total. The molecule has 238 valence electrons. The average Bonchev–Trinajstić information content (AvgIpc) is 3.85. The molecule has 0 radical (unpaired) electrons. The first kappa shape index (κ1) is 28.6. The van der Waals surface area contributed by atoms with Crippen LogP contribution in [0.15, 0.2) is 158 Å². The van der Waals surface area contributed by atoms with Gasteiger partial charge in [-0.15, -0.1) is 22.7 Å². The lowest BCUT2D eigenvalue weighted by atomic mass is 10.1. The van der Waals surface area contributed by atoms with E-state index in [1.165, 1.54) is 67.8 Å². The van der Waals surface area contributed by atoms with Crippen molar-refractivity contribution < 1.29 is 0 Å². The number of hydrogen-bond acceptors (Lipinski definition) is 5. The molecule has 11 aromatic rings. The minimum absolute atomic E-state index is 0.670. The van der Waals surface area contributed by atoms with Crippen LogP contribution in [0.2, 0.25) is 0 Å². The molecule has 11 rings (SSSR count). The normalized spacial score (nSPS) is 11.9. The summed E-state index contributed by atoms with van der Waals surface area (Å²) in [4.78, 5) is 14.8. The lowest BCUT2D eigenvalue weighted by Crippen LogP contribution is -1.99. The molecule has 6 heteroatoms. The van der Waals surface area contributed by atoms with Crippen molar-refractivity contribution >= 4 is 84.8 Å². The van der Waals surface area contributed by atoms with Crippen LogP contribution in [0.25, 0.3) is 102 Å². The van der Waals surface area contributed by atoms with Gasteiger partial charge in [-0.25, -0.2) is 15.0 Å². The SMILES string of the molecule is c1ccc(-c2nc(-c3ccccc3)nc(-c3ccc4c(c3)sc3cc5sc6ccc(-n7c8ccccc8c8ccccc87)cc6c5cc34)n2)cc1. The molecule has 0 bridgehead atoms. The van der Waals surface area contributed by atoms with E-state index < -0.39 is 0 Å². The van der Waals surface area contributed by atoms with E-state index in [2.05, 4.69) is 102 Å². The lowest BCUT2D eigenvalue weighted by Gasteiger charge is -2.08. The highest BCUT2D eigenvalue weighted by molar-refractivity contribution is 7.28. The third-order valence-corrected chi connectivity index (χ3v) is 12.1. The van der Waals surface area contributed by atoms with Crippen molar-refractivity contribution in [1.29, 1.82) is 0 Å². The maximum absolute atomic E-state index is 4.98. The average molecular weight is 687 g/mol. The number of nitrogens with zero attached hydrogens (tertiary/aromatic N) is 4. The fourth-order valence-electron chi connectivity index (χ4n) is 7.45. The van der Waals surface area contributed by atoms with E-state index in [0.29, 0.717) is 17.5 Å². The molecule has 0 saturated heterocycles. The Balaban J connectivity index is 1.06. The van der Waals surface area contributed by atoms with Gasteiger partial charge in [-0.05, 0) is 48.5 Å². The number of rotatable bonds is 4. The summed E-state index contributed by atoms with van der Waals surface area (Å²) in [5.41, 5.74) is 6.55. The highest BCUT2D eigenvalue weighted by atomic mass is 32.1. The lowest BCUT2D eigenvalue weighted by molar-refractivity contribution is 1.07. The number of para-hydroxylation sites is 2. The first-order valence-electron chi connectivity index (χ1n) is 16.9. The zero-order valence-corrected chi connectivity index (χ0v) is 28.7. The minimum Gasteiger partial charge on any atom is -0.309 e. The largest absolute Gasteiger partial charge is 0.309 e. The Morgan fingerprint density at radius 3 is 1.49 bits per heavy atom. The van der Waals surface area contributed by atoms with Crippen LogP contribution in [0.1, 0.15) is 0 Å². The van der Waals surface area contributed by atoms with Crippen molar-refractivity contribution in [3.63, 3.8) is 0 Å². The molecule has 4 heterocycles. The molecule has 0 atom stereocenters. The van der Waals surface area contributed by atoms with E-state index in [0.717, 1.165) is 16.7 Å². The maximum Gasteiger partial charge on any atom is 0.164 e. The van der Waals surface area contributed by atoms with E-state index in [4.69, 9.17) is 15.0 Å². The van der Waals surface area contributed by atoms with Gasteiger partial charge in [0.1, 0.15) is 0 Å². The molecule has 4 nitrogen and oxygen atoms in total. The smallest absolute Gasteiger partial charge is 0.164 e. The second kappa shape index (κ2) is 11.2. The molecule has 0 aliphatic carbocycles. The van der Waals surface area contributed by atoms with Gasteiger partial charge in [0.05, 0.1) is 11.0 Å². The van der Waals surface area contributed by atoms with E-state index >= 15 is 0 Å². The molecule has 0 aliphatic rings. The van der Waals surface area contributed by atoms with Crippen molar-refractivity contribution in [1.82, 2.24) is 19.5 Å². The van der Waals surface area contributed by atoms with Crippen LogP contribution in [0.4, 0.5) is 0 Å². The predicted molar refractivity (Wildman–Crippen MR) is 216 cm³/mol. The van der Waals surface area contributed by atoms with Crippen LogP contribution < -0.4 is 0 Å². The summed E-state index contributed by atoms with van der Waals surface area (Å²) >= 11 is 3.70. The summed E-state index contributed by atoms with van der Waals surface area (Å²) in [6.07, 6.45) is 0. The first-order chi connectivity index (χ1) is 25.2. The summed E-state index contributed by atoms with van der Waals surface area (Å²) in [6.45, 7) is 0. The molecule has 0 saturated carbocycles. The van der Waals surface area contributed by atoms with Gasteiger partial charge in [0.25, 0.3) is 0 Å². The zero-order valence-electron chi connectivity index (χ0n) is 27.1.